The average Bonchev–Trinajstić information content (AvgIpc) is 3.08. The molecule has 2 aromatic rings. The van der Waals surface area contributed by atoms with Crippen LogP contribution in [0.5, 0.6) is 0 Å². The van der Waals surface area contributed by atoms with Crippen molar-refractivity contribution in [3.8, 4) is 0 Å². The van der Waals surface area contributed by atoms with Gasteiger partial charge in [-0.1, -0.05) is 16.5 Å². The third kappa shape index (κ3) is 2.50. The van der Waals surface area contributed by atoms with Crippen molar-refractivity contribution in [2.75, 3.05) is 11.9 Å². The van der Waals surface area contributed by atoms with E-state index < -0.39 is 0 Å². The van der Waals surface area contributed by atoms with Crippen LogP contribution in [-0.2, 0) is 17.8 Å². The Morgan fingerprint density at radius 3 is 3.00 bits per heavy atom. The van der Waals surface area contributed by atoms with Crippen LogP contribution in [0.15, 0.2) is 16.8 Å². The highest BCUT2D eigenvalue weighted by Crippen LogP contribution is 2.33. The summed E-state index contributed by atoms with van der Waals surface area (Å²) in [6.45, 7) is 1.08. The summed E-state index contributed by atoms with van der Waals surface area (Å²) in [7, 11) is 0. The molecular weight excluding hydrogens is 304 g/mol. The zero-order valence-electron chi connectivity index (χ0n) is 11.7. The molecule has 1 aliphatic heterocycles. The van der Waals surface area contributed by atoms with Gasteiger partial charge >= 0.3 is 0 Å². The standard InChI is InChI=1S/C14H14N4O3S/c19-12(8-1-2-8)17-14-16-9-4-6-18(7-11(9)22-14)13(20)10-3-5-15-21-10/h3,5,8H,1-2,4,6-7H2,(H,16,17,19). The van der Waals surface area contributed by atoms with Crippen molar-refractivity contribution in [1.29, 1.82) is 0 Å². The van der Waals surface area contributed by atoms with Crippen LogP contribution in [0.2, 0.25) is 0 Å². The number of aromatic nitrogens is 2. The first-order valence-electron chi connectivity index (χ1n) is 7.20. The predicted molar refractivity (Wildman–Crippen MR) is 78.4 cm³/mol. The predicted octanol–water partition coefficient (Wildman–Crippen LogP) is 1.68. The molecule has 0 unspecified atom stereocenters. The summed E-state index contributed by atoms with van der Waals surface area (Å²) in [5.74, 6) is 0.293. The number of hydrogen-bond donors (Lipinski definition) is 1. The van der Waals surface area contributed by atoms with E-state index >= 15 is 0 Å². The largest absolute Gasteiger partial charge is 0.351 e. The van der Waals surface area contributed by atoms with E-state index in [0.29, 0.717) is 24.6 Å². The van der Waals surface area contributed by atoms with E-state index in [1.54, 1.807) is 11.0 Å². The van der Waals surface area contributed by atoms with E-state index in [2.05, 4.69) is 15.5 Å². The number of rotatable bonds is 3. The molecule has 0 saturated heterocycles. The quantitative estimate of drug-likeness (QED) is 0.930. The molecule has 1 fully saturated rings. The Kier molecular flexibility index (Phi) is 3.18. The molecule has 0 bridgehead atoms. The SMILES string of the molecule is O=C(Nc1nc2c(s1)CN(C(=O)c1ccno1)CC2)C1CC1. The summed E-state index contributed by atoms with van der Waals surface area (Å²) in [6, 6.07) is 1.56. The minimum atomic E-state index is -0.167. The van der Waals surface area contributed by atoms with Gasteiger partial charge in [-0.05, 0) is 12.8 Å². The van der Waals surface area contributed by atoms with Gasteiger partial charge in [0.2, 0.25) is 11.7 Å². The second-order valence-electron chi connectivity index (χ2n) is 5.51. The minimum absolute atomic E-state index is 0.0562. The molecule has 1 saturated carbocycles. The van der Waals surface area contributed by atoms with Crippen LogP contribution >= 0.6 is 11.3 Å². The molecule has 3 heterocycles. The van der Waals surface area contributed by atoms with E-state index in [1.165, 1.54) is 17.5 Å². The number of nitrogens with zero attached hydrogens (tertiary/aromatic N) is 3. The molecule has 8 heteroatoms. The summed E-state index contributed by atoms with van der Waals surface area (Å²) in [5.41, 5.74) is 0.970. The first-order valence-corrected chi connectivity index (χ1v) is 8.02. The number of fused-ring (bicyclic) bond motifs is 1. The van der Waals surface area contributed by atoms with Crippen LogP contribution in [-0.4, -0.2) is 33.4 Å². The molecule has 1 N–H and O–H groups in total. The van der Waals surface area contributed by atoms with Crippen LogP contribution in [0.4, 0.5) is 5.13 Å². The third-order valence-corrected chi connectivity index (χ3v) is 4.84. The van der Waals surface area contributed by atoms with E-state index in [9.17, 15) is 9.59 Å². The van der Waals surface area contributed by atoms with Gasteiger partial charge < -0.3 is 14.7 Å². The molecule has 1 aliphatic carbocycles. The van der Waals surface area contributed by atoms with Gasteiger partial charge in [-0.15, -0.1) is 0 Å². The van der Waals surface area contributed by atoms with Crippen LogP contribution in [0.1, 0.15) is 34.0 Å². The zero-order valence-corrected chi connectivity index (χ0v) is 12.6. The van der Waals surface area contributed by atoms with Crippen molar-refractivity contribution in [2.24, 2.45) is 5.92 Å². The fourth-order valence-corrected chi connectivity index (χ4v) is 3.48. The molecule has 0 radical (unpaired) electrons. The summed E-state index contributed by atoms with van der Waals surface area (Å²) in [4.78, 5) is 31.3. The average molecular weight is 318 g/mol. The van der Waals surface area contributed by atoms with E-state index in [0.717, 1.165) is 23.4 Å². The number of nitrogens with one attached hydrogen (secondary N) is 1. The molecule has 0 aromatic carbocycles. The van der Waals surface area contributed by atoms with Gasteiger partial charge in [0.1, 0.15) is 0 Å². The lowest BCUT2D eigenvalue weighted by atomic mass is 10.1. The van der Waals surface area contributed by atoms with E-state index in [1.807, 2.05) is 0 Å². The second kappa shape index (κ2) is 5.20. The van der Waals surface area contributed by atoms with Crippen molar-refractivity contribution >= 4 is 28.3 Å². The van der Waals surface area contributed by atoms with Crippen LogP contribution in [0.25, 0.3) is 0 Å². The van der Waals surface area contributed by atoms with Crippen LogP contribution in [0.3, 0.4) is 0 Å². The van der Waals surface area contributed by atoms with Gasteiger partial charge in [0.15, 0.2) is 5.13 Å². The summed E-state index contributed by atoms with van der Waals surface area (Å²) < 4.78 is 4.92. The Morgan fingerprint density at radius 1 is 1.41 bits per heavy atom. The number of carbonyl (C=O) groups is 2. The monoisotopic (exact) mass is 318 g/mol. The van der Waals surface area contributed by atoms with Crippen LogP contribution in [0, 0.1) is 5.92 Å². The summed E-state index contributed by atoms with van der Waals surface area (Å²) in [5, 5.41) is 7.07. The van der Waals surface area contributed by atoms with Gasteiger partial charge in [-0.25, -0.2) is 4.98 Å². The molecule has 2 amide bonds. The minimum Gasteiger partial charge on any atom is -0.351 e. The lowest BCUT2D eigenvalue weighted by molar-refractivity contribution is -0.117. The molecule has 4 rings (SSSR count). The van der Waals surface area contributed by atoms with Crippen molar-refractivity contribution in [2.45, 2.75) is 25.8 Å². The zero-order chi connectivity index (χ0) is 15.1. The van der Waals surface area contributed by atoms with Gasteiger partial charge in [-0.2, -0.15) is 0 Å². The fraction of sp³-hybridized carbons (Fsp3) is 0.429. The second-order valence-corrected chi connectivity index (χ2v) is 6.59. The maximum absolute atomic E-state index is 12.3. The number of anilines is 1. The van der Waals surface area contributed by atoms with Gasteiger partial charge in [0, 0.05) is 29.8 Å². The first kappa shape index (κ1) is 13.4. The first-order chi connectivity index (χ1) is 10.7. The molecule has 22 heavy (non-hydrogen) atoms. The van der Waals surface area contributed by atoms with Crippen molar-refractivity contribution in [3.63, 3.8) is 0 Å². The maximum atomic E-state index is 12.3. The smallest absolute Gasteiger partial charge is 0.292 e. The lowest BCUT2D eigenvalue weighted by Crippen LogP contribution is -2.35. The van der Waals surface area contributed by atoms with Crippen LogP contribution < -0.4 is 5.32 Å². The van der Waals surface area contributed by atoms with Crippen molar-refractivity contribution in [1.82, 2.24) is 15.0 Å². The van der Waals surface area contributed by atoms with Gasteiger partial charge in [0.25, 0.3) is 5.91 Å². The van der Waals surface area contributed by atoms with Gasteiger partial charge in [-0.3, -0.25) is 9.59 Å². The number of hydrogen-bond acceptors (Lipinski definition) is 6. The molecule has 2 aliphatic rings. The molecule has 2 aromatic heterocycles. The maximum Gasteiger partial charge on any atom is 0.292 e. The number of thiazole rings is 1. The molecule has 0 atom stereocenters. The Labute approximate surface area is 130 Å². The molecule has 114 valence electrons. The van der Waals surface area contributed by atoms with E-state index in [-0.39, 0.29) is 23.5 Å². The molecule has 7 nitrogen and oxygen atoms in total. The molecule has 0 spiro atoms. The Morgan fingerprint density at radius 2 is 2.27 bits per heavy atom. The fourth-order valence-electron chi connectivity index (χ4n) is 2.46. The summed E-state index contributed by atoms with van der Waals surface area (Å²) >= 11 is 1.44. The normalized spacial score (nSPS) is 17.2. The molecular formula is C14H14N4O3S. The highest BCUT2D eigenvalue weighted by atomic mass is 32.1. The number of amides is 2. The van der Waals surface area contributed by atoms with E-state index in [4.69, 9.17) is 4.52 Å². The van der Waals surface area contributed by atoms with Gasteiger partial charge in [0.05, 0.1) is 18.4 Å². The summed E-state index contributed by atoms with van der Waals surface area (Å²) in [6.07, 6.45) is 4.08. The Balaban J connectivity index is 1.47. The Hall–Kier alpha value is -2.22. The highest BCUT2D eigenvalue weighted by Gasteiger charge is 2.31. The third-order valence-electron chi connectivity index (χ3n) is 3.85. The van der Waals surface area contributed by atoms with Crippen molar-refractivity contribution < 1.29 is 14.1 Å². The van der Waals surface area contributed by atoms with Crippen molar-refractivity contribution in [3.05, 3.63) is 28.6 Å². The highest BCUT2D eigenvalue weighted by molar-refractivity contribution is 7.15. The topological polar surface area (TPSA) is 88.3 Å². The number of carbonyl (C=O) groups excluding carboxylic acids is 2. The Bertz CT molecular complexity index is 721. The lowest BCUT2D eigenvalue weighted by Gasteiger charge is -2.24.